The summed E-state index contributed by atoms with van der Waals surface area (Å²) in [5, 5.41) is 3.83. The van der Waals surface area contributed by atoms with Crippen molar-refractivity contribution in [2.45, 2.75) is 17.5 Å². The number of anilines is 1. The summed E-state index contributed by atoms with van der Waals surface area (Å²) in [5.74, 6) is -1.06. The van der Waals surface area contributed by atoms with Crippen molar-refractivity contribution in [1.29, 1.82) is 0 Å². The molecule has 1 spiro atoms. The van der Waals surface area contributed by atoms with Crippen LogP contribution in [0.25, 0.3) is 17.0 Å². The first-order valence-electron chi connectivity index (χ1n) is 14.5. The monoisotopic (exact) mass is 580 g/mol. The number of para-hydroxylation sites is 2. The van der Waals surface area contributed by atoms with Crippen LogP contribution in [0, 0.1) is 5.92 Å². The number of ketones is 2. The number of hydrogen-bond donors (Lipinski definition) is 1. The van der Waals surface area contributed by atoms with Crippen LogP contribution in [0.15, 0.2) is 108 Å². The molecule has 5 heterocycles. The summed E-state index contributed by atoms with van der Waals surface area (Å²) >= 11 is 0. The number of furan rings is 1. The third-order valence-electron chi connectivity index (χ3n) is 9.45. The van der Waals surface area contributed by atoms with Crippen LogP contribution in [-0.4, -0.2) is 35.2 Å². The molecule has 5 aromatic rings. The van der Waals surface area contributed by atoms with Crippen molar-refractivity contribution >= 4 is 40.2 Å². The van der Waals surface area contributed by atoms with Gasteiger partial charge in [-0.1, -0.05) is 60.7 Å². The minimum Gasteiger partial charge on any atom is -0.454 e. The lowest BCUT2D eigenvalue weighted by atomic mass is 9.63. The predicted molar refractivity (Wildman–Crippen MR) is 162 cm³/mol. The van der Waals surface area contributed by atoms with Crippen molar-refractivity contribution in [3.05, 3.63) is 131 Å². The Morgan fingerprint density at radius 3 is 2.55 bits per heavy atom. The molecule has 44 heavy (non-hydrogen) atoms. The average Bonchev–Trinajstić information content (AvgIpc) is 3.83. The van der Waals surface area contributed by atoms with Crippen molar-refractivity contribution in [1.82, 2.24) is 4.90 Å². The second kappa shape index (κ2) is 8.94. The van der Waals surface area contributed by atoms with E-state index in [4.69, 9.17) is 13.9 Å². The van der Waals surface area contributed by atoms with E-state index in [1.807, 2.05) is 83.9 Å². The highest BCUT2D eigenvalue weighted by molar-refractivity contribution is 6.16. The van der Waals surface area contributed by atoms with E-state index in [9.17, 15) is 9.59 Å². The summed E-state index contributed by atoms with van der Waals surface area (Å²) in [4.78, 5) is 46.3. The SMILES string of the molecule is O=C(c1ccc2c(c1)OCO2)[C@H]1[C@H](C(=O)c2cc3ccccc3o2)[C@]2(C(=O)Nc3ccccc32)[C@@H]2c3ccccc3C=CN21. The van der Waals surface area contributed by atoms with Gasteiger partial charge in [0.2, 0.25) is 18.5 Å². The second-order valence-corrected chi connectivity index (χ2v) is 11.5. The molecule has 214 valence electrons. The summed E-state index contributed by atoms with van der Waals surface area (Å²) in [6, 6.07) is 27.7. The summed E-state index contributed by atoms with van der Waals surface area (Å²) < 4.78 is 17.2. The molecule has 0 saturated carbocycles. The highest BCUT2D eigenvalue weighted by atomic mass is 16.7. The fourth-order valence-electron chi connectivity index (χ4n) is 7.64. The zero-order chi connectivity index (χ0) is 29.6. The minimum atomic E-state index is -1.44. The fourth-order valence-corrected chi connectivity index (χ4v) is 7.64. The first-order chi connectivity index (χ1) is 21.6. The third-order valence-corrected chi connectivity index (χ3v) is 9.45. The van der Waals surface area contributed by atoms with Crippen LogP contribution in [-0.2, 0) is 10.2 Å². The molecule has 4 aliphatic heterocycles. The van der Waals surface area contributed by atoms with Gasteiger partial charge in [0.05, 0.1) is 12.0 Å². The minimum absolute atomic E-state index is 0.0668. The molecule has 8 heteroatoms. The van der Waals surface area contributed by atoms with Crippen molar-refractivity contribution in [2.75, 3.05) is 12.1 Å². The molecule has 1 saturated heterocycles. The van der Waals surface area contributed by atoms with E-state index in [1.54, 1.807) is 30.3 Å². The second-order valence-electron chi connectivity index (χ2n) is 11.5. The number of carbonyl (C=O) groups excluding carboxylic acids is 3. The number of ether oxygens (including phenoxy) is 2. The van der Waals surface area contributed by atoms with Crippen LogP contribution in [0.5, 0.6) is 11.5 Å². The van der Waals surface area contributed by atoms with Gasteiger partial charge in [0.25, 0.3) is 0 Å². The zero-order valence-electron chi connectivity index (χ0n) is 23.2. The molecule has 1 aromatic heterocycles. The Morgan fingerprint density at radius 1 is 0.841 bits per heavy atom. The van der Waals surface area contributed by atoms with Crippen molar-refractivity contribution < 1.29 is 28.3 Å². The van der Waals surface area contributed by atoms with Gasteiger partial charge in [0, 0.05) is 22.8 Å². The van der Waals surface area contributed by atoms with Gasteiger partial charge in [-0.05, 0) is 59.2 Å². The van der Waals surface area contributed by atoms with Crippen LogP contribution in [0.2, 0.25) is 0 Å². The van der Waals surface area contributed by atoms with E-state index in [-0.39, 0.29) is 24.2 Å². The molecule has 4 atom stereocenters. The Kier molecular flexibility index (Phi) is 5.06. The Hall–Kier alpha value is -5.63. The summed E-state index contributed by atoms with van der Waals surface area (Å²) in [7, 11) is 0. The molecule has 0 unspecified atom stereocenters. The van der Waals surface area contributed by atoms with Crippen molar-refractivity contribution in [3.8, 4) is 11.5 Å². The number of amides is 1. The topological polar surface area (TPSA) is 98.1 Å². The van der Waals surface area contributed by atoms with E-state index < -0.39 is 29.2 Å². The predicted octanol–water partition coefficient (Wildman–Crippen LogP) is 6.14. The van der Waals surface area contributed by atoms with Crippen LogP contribution < -0.4 is 14.8 Å². The molecule has 1 N–H and O–H groups in total. The van der Waals surface area contributed by atoms with Crippen LogP contribution >= 0.6 is 0 Å². The Balaban J connectivity index is 1.32. The maximum atomic E-state index is 15.0. The van der Waals surface area contributed by atoms with E-state index in [0.717, 1.165) is 16.5 Å². The molecule has 1 amide bonds. The molecule has 0 aliphatic carbocycles. The van der Waals surface area contributed by atoms with Gasteiger partial charge in [-0.3, -0.25) is 14.4 Å². The molecular formula is C36H24N2O6. The zero-order valence-corrected chi connectivity index (χ0v) is 23.2. The molecule has 9 rings (SSSR count). The van der Waals surface area contributed by atoms with Crippen LogP contribution in [0.3, 0.4) is 0 Å². The average molecular weight is 581 g/mol. The molecule has 1 fully saturated rings. The molecule has 4 aromatic carbocycles. The quantitative estimate of drug-likeness (QED) is 0.255. The highest BCUT2D eigenvalue weighted by Crippen LogP contribution is 2.62. The van der Waals surface area contributed by atoms with Gasteiger partial charge in [-0.15, -0.1) is 0 Å². The maximum absolute atomic E-state index is 15.0. The van der Waals surface area contributed by atoms with Gasteiger partial charge >= 0.3 is 0 Å². The summed E-state index contributed by atoms with van der Waals surface area (Å²) in [6.45, 7) is 0.0668. The number of Topliss-reactive ketones (excluding diaryl/α,β-unsaturated/α-hetero) is 2. The number of nitrogens with zero attached hydrogens (tertiary/aromatic N) is 1. The number of benzene rings is 4. The molecule has 0 bridgehead atoms. The first kappa shape index (κ1) is 24.9. The van der Waals surface area contributed by atoms with Gasteiger partial charge in [-0.2, -0.15) is 0 Å². The lowest BCUT2D eigenvalue weighted by molar-refractivity contribution is -0.122. The molecule has 0 radical (unpaired) electrons. The van der Waals surface area contributed by atoms with Crippen LogP contribution in [0.4, 0.5) is 5.69 Å². The van der Waals surface area contributed by atoms with Crippen LogP contribution in [0.1, 0.15) is 43.6 Å². The smallest absolute Gasteiger partial charge is 0.238 e. The summed E-state index contributed by atoms with van der Waals surface area (Å²) in [5.41, 5.74) is 2.58. The van der Waals surface area contributed by atoms with Crippen molar-refractivity contribution in [3.63, 3.8) is 0 Å². The standard InChI is InChI=1S/C36H24N2O6/c39-32(22-13-14-27-28(18-22)43-19-42-27)31-30(33(40)29-17-21-8-2-6-12-26(21)44-29)36(24-10-4-5-11-25(24)37-35(36)41)34-23-9-3-1-7-20(23)15-16-38(31)34/h1-18,30-31,34H,19H2,(H,37,41)/t30-,31-,34+,36+/m1/s1. The highest BCUT2D eigenvalue weighted by Gasteiger charge is 2.71. The lowest BCUT2D eigenvalue weighted by Crippen LogP contribution is -2.49. The van der Waals surface area contributed by atoms with Gasteiger partial charge in [0.1, 0.15) is 17.0 Å². The van der Waals surface area contributed by atoms with Gasteiger partial charge < -0.3 is 24.1 Å². The Labute approximate surface area is 251 Å². The first-order valence-corrected chi connectivity index (χ1v) is 14.5. The van der Waals surface area contributed by atoms with E-state index in [1.165, 1.54) is 0 Å². The Morgan fingerprint density at radius 2 is 1.64 bits per heavy atom. The number of carbonyl (C=O) groups is 3. The fraction of sp³-hybridized carbons (Fsp3) is 0.139. The number of nitrogens with one attached hydrogen (secondary N) is 1. The van der Waals surface area contributed by atoms with E-state index >= 15 is 4.79 Å². The number of hydrogen-bond acceptors (Lipinski definition) is 7. The van der Waals surface area contributed by atoms with Gasteiger partial charge in [0.15, 0.2) is 23.0 Å². The van der Waals surface area contributed by atoms with E-state index in [0.29, 0.717) is 33.9 Å². The number of rotatable bonds is 4. The molecule has 4 aliphatic rings. The normalized spacial score (nSPS) is 23.9. The third kappa shape index (κ3) is 3.19. The van der Waals surface area contributed by atoms with Gasteiger partial charge in [-0.25, -0.2) is 0 Å². The summed E-state index contributed by atoms with van der Waals surface area (Å²) in [6.07, 6.45) is 3.79. The lowest BCUT2D eigenvalue weighted by Gasteiger charge is -2.38. The van der Waals surface area contributed by atoms with E-state index in [2.05, 4.69) is 5.32 Å². The number of fused-ring (bicyclic) bond motifs is 8. The Bertz CT molecular complexity index is 2060. The molecule has 8 nitrogen and oxygen atoms in total. The molecular weight excluding hydrogens is 556 g/mol. The largest absolute Gasteiger partial charge is 0.454 e. The maximum Gasteiger partial charge on any atom is 0.238 e. The van der Waals surface area contributed by atoms with Crippen molar-refractivity contribution in [2.24, 2.45) is 5.92 Å².